The molecular weight excluding hydrogens is 224 g/mol. The summed E-state index contributed by atoms with van der Waals surface area (Å²) in [7, 11) is 0. The summed E-state index contributed by atoms with van der Waals surface area (Å²) in [6.45, 7) is 8.33. The fraction of sp³-hybridized carbons (Fsp3) is 0.533. The second-order valence-electron chi connectivity index (χ2n) is 4.85. The second kappa shape index (κ2) is 7.88. The Labute approximate surface area is 110 Å². The molecule has 100 valence electrons. The number of nitrogens with one attached hydrogen (secondary N) is 2. The summed E-state index contributed by atoms with van der Waals surface area (Å²) in [5, 5.41) is 5.99. The third-order valence-electron chi connectivity index (χ3n) is 2.85. The van der Waals surface area contributed by atoms with Crippen LogP contribution in [-0.2, 0) is 11.3 Å². The minimum atomic E-state index is 0.0522. The normalized spacial score (nSPS) is 10.7. The highest BCUT2D eigenvalue weighted by Crippen LogP contribution is 2.14. The molecule has 18 heavy (non-hydrogen) atoms. The molecule has 1 aromatic carbocycles. The van der Waals surface area contributed by atoms with Crippen LogP contribution < -0.4 is 10.6 Å². The van der Waals surface area contributed by atoms with Gasteiger partial charge in [-0.15, -0.1) is 0 Å². The van der Waals surface area contributed by atoms with Gasteiger partial charge in [0.15, 0.2) is 0 Å². The molecule has 0 aliphatic rings. The van der Waals surface area contributed by atoms with Crippen molar-refractivity contribution >= 4 is 5.91 Å². The van der Waals surface area contributed by atoms with Crippen molar-refractivity contribution in [1.29, 1.82) is 0 Å². The van der Waals surface area contributed by atoms with Crippen molar-refractivity contribution in [3.63, 3.8) is 0 Å². The molecule has 1 amide bonds. The SMILES string of the molecule is CCCNCC(=O)NCc1ccc(C(C)C)cc1. The van der Waals surface area contributed by atoms with E-state index in [4.69, 9.17) is 0 Å². The molecule has 0 heterocycles. The van der Waals surface area contributed by atoms with Crippen LogP contribution in [-0.4, -0.2) is 19.0 Å². The molecule has 0 fully saturated rings. The van der Waals surface area contributed by atoms with Crippen LogP contribution in [0.2, 0.25) is 0 Å². The number of benzene rings is 1. The lowest BCUT2D eigenvalue weighted by Crippen LogP contribution is -2.33. The lowest BCUT2D eigenvalue weighted by molar-refractivity contribution is -0.120. The third-order valence-corrected chi connectivity index (χ3v) is 2.85. The highest BCUT2D eigenvalue weighted by molar-refractivity contribution is 5.77. The summed E-state index contributed by atoms with van der Waals surface area (Å²) in [6.07, 6.45) is 1.05. The fourth-order valence-electron chi connectivity index (χ4n) is 1.66. The van der Waals surface area contributed by atoms with E-state index in [2.05, 4.69) is 55.7 Å². The molecule has 0 aliphatic carbocycles. The van der Waals surface area contributed by atoms with Crippen molar-refractivity contribution < 1.29 is 4.79 Å². The standard InChI is InChI=1S/C15H24N2O/c1-4-9-16-11-15(18)17-10-13-5-7-14(8-6-13)12(2)3/h5-8,12,16H,4,9-11H2,1-3H3,(H,17,18). The smallest absolute Gasteiger partial charge is 0.234 e. The lowest BCUT2D eigenvalue weighted by atomic mass is 10.0. The van der Waals surface area contributed by atoms with Crippen LogP contribution in [0.1, 0.15) is 44.2 Å². The Bertz CT molecular complexity index is 357. The average molecular weight is 248 g/mol. The average Bonchev–Trinajstić information content (AvgIpc) is 2.37. The Morgan fingerprint density at radius 1 is 1.22 bits per heavy atom. The molecule has 0 atom stereocenters. The summed E-state index contributed by atoms with van der Waals surface area (Å²) < 4.78 is 0. The van der Waals surface area contributed by atoms with Crippen LogP contribution >= 0.6 is 0 Å². The van der Waals surface area contributed by atoms with E-state index in [0.29, 0.717) is 19.0 Å². The van der Waals surface area contributed by atoms with Crippen LogP contribution in [0.25, 0.3) is 0 Å². The molecule has 0 saturated carbocycles. The minimum absolute atomic E-state index is 0.0522. The molecular formula is C15H24N2O. The van der Waals surface area contributed by atoms with E-state index in [1.165, 1.54) is 5.56 Å². The highest BCUT2D eigenvalue weighted by Gasteiger charge is 2.01. The van der Waals surface area contributed by atoms with E-state index in [1.807, 2.05) is 0 Å². The fourth-order valence-corrected chi connectivity index (χ4v) is 1.66. The molecule has 0 bridgehead atoms. The zero-order valence-corrected chi connectivity index (χ0v) is 11.6. The maximum Gasteiger partial charge on any atom is 0.234 e. The summed E-state index contributed by atoms with van der Waals surface area (Å²) in [4.78, 5) is 11.5. The summed E-state index contributed by atoms with van der Waals surface area (Å²) in [5.41, 5.74) is 2.47. The summed E-state index contributed by atoms with van der Waals surface area (Å²) >= 11 is 0. The van der Waals surface area contributed by atoms with Gasteiger partial charge in [-0.3, -0.25) is 4.79 Å². The van der Waals surface area contributed by atoms with E-state index in [-0.39, 0.29) is 5.91 Å². The number of hydrogen-bond acceptors (Lipinski definition) is 2. The van der Waals surface area contributed by atoms with Gasteiger partial charge in [0.1, 0.15) is 0 Å². The minimum Gasteiger partial charge on any atom is -0.351 e. The first kappa shape index (κ1) is 14.7. The van der Waals surface area contributed by atoms with Crippen molar-refractivity contribution in [2.45, 2.75) is 39.7 Å². The Balaban J connectivity index is 2.32. The number of hydrogen-bond donors (Lipinski definition) is 2. The van der Waals surface area contributed by atoms with Gasteiger partial charge in [-0.1, -0.05) is 45.0 Å². The van der Waals surface area contributed by atoms with Crippen LogP contribution in [0.3, 0.4) is 0 Å². The second-order valence-corrected chi connectivity index (χ2v) is 4.85. The molecule has 0 aromatic heterocycles. The van der Waals surface area contributed by atoms with E-state index in [0.717, 1.165) is 18.5 Å². The van der Waals surface area contributed by atoms with Crippen LogP contribution in [0.4, 0.5) is 0 Å². The Kier molecular flexibility index (Phi) is 6.44. The largest absolute Gasteiger partial charge is 0.351 e. The molecule has 0 spiro atoms. The Morgan fingerprint density at radius 2 is 1.89 bits per heavy atom. The van der Waals surface area contributed by atoms with Gasteiger partial charge in [-0.2, -0.15) is 0 Å². The zero-order chi connectivity index (χ0) is 13.4. The molecule has 1 aromatic rings. The molecule has 0 radical (unpaired) electrons. The van der Waals surface area contributed by atoms with Gasteiger partial charge in [0.05, 0.1) is 6.54 Å². The first-order chi connectivity index (χ1) is 8.63. The molecule has 3 nitrogen and oxygen atoms in total. The number of rotatable bonds is 7. The first-order valence-corrected chi connectivity index (χ1v) is 6.69. The van der Waals surface area contributed by atoms with Gasteiger partial charge in [0.2, 0.25) is 5.91 Å². The van der Waals surface area contributed by atoms with Gasteiger partial charge in [-0.05, 0) is 30.0 Å². The van der Waals surface area contributed by atoms with E-state index in [1.54, 1.807) is 0 Å². The summed E-state index contributed by atoms with van der Waals surface area (Å²) in [5.74, 6) is 0.600. The first-order valence-electron chi connectivity index (χ1n) is 6.69. The van der Waals surface area contributed by atoms with Crippen molar-refractivity contribution in [2.75, 3.05) is 13.1 Å². The Morgan fingerprint density at radius 3 is 2.44 bits per heavy atom. The summed E-state index contributed by atoms with van der Waals surface area (Å²) in [6, 6.07) is 8.41. The van der Waals surface area contributed by atoms with Gasteiger partial charge in [0.25, 0.3) is 0 Å². The maximum atomic E-state index is 11.5. The van der Waals surface area contributed by atoms with Crippen molar-refractivity contribution in [3.8, 4) is 0 Å². The monoisotopic (exact) mass is 248 g/mol. The van der Waals surface area contributed by atoms with Gasteiger partial charge in [0, 0.05) is 6.54 Å². The highest BCUT2D eigenvalue weighted by atomic mass is 16.1. The van der Waals surface area contributed by atoms with E-state index < -0.39 is 0 Å². The van der Waals surface area contributed by atoms with Crippen LogP contribution in [0.5, 0.6) is 0 Å². The van der Waals surface area contributed by atoms with Crippen molar-refractivity contribution in [1.82, 2.24) is 10.6 Å². The number of amides is 1. The molecule has 2 N–H and O–H groups in total. The molecule has 1 rings (SSSR count). The van der Waals surface area contributed by atoms with Crippen LogP contribution in [0, 0.1) is 0 Å². The maximum absolute atomic E-state index is 11.5. The predicted molar refractivity (Wildman–Crippen MR) is 75.5 cm³/mol. The lowest BCUT2D eigenvalue weighted by Gasteiger charge is -2.08. The zero-order valence-electron chi connectivity index (χ0n) is 11.6. The van der Waals surface area contributed by atoms with Crippen molar-refractivity contribution in [2.24, 2.45) is 0 Å². The third kappa shape index (κ3) is 5.32. The van der Waals surface area contributed by atoms with Gasteiger partial charge < -0.3 is 10.6 Å². The van der Waals surface area contributed by atoms with E-state index >= 15 is 0 Å². The molecule has 0 saturated heterocycles. The van der Waals surface area contributed by atoms with Crippen molar-refractivity contribution in [3.05, 3.63) is 35.4 Å². The van der Waals surface area contributed by atoms with E-state index in [9.17, 15) is 4.79 Å². The predicted octanol–water partition coefficient (Wildman–Crippen LogP) is 2.43. The van der Waals surface area contributed by atoms with Gasteiger partial charge in [-0.25, -0.2) is 0 Å². The molecule has 0 aliphatic heterocycles. The number of carbonyl (C=O) groups is 1. The topological polar surface area (TPSA) is 41.1 Å². The molecule has 0 unspecified atom stereocenters. The Hall–Kier alpha value is -1.35. The van der Waals surface area contributed by atoms with Gasteiger partial charge >= 0.3 is 0 Å². The molecule has 3 heteroatoms. The number of carbonyl (C=O) groups excluding carboxylic acids is 1. The quantitative estimate of drug-likeness (QED) is 0.728. The van der Waals surface area contributed by atoms with Crippen LogP contribution in [0.15, 0.2) is 24.3 Å².